The maximum Gasteiger partial charge on any atom is 0.136 e. The van der Waals surface area contributed by atoms with Gasteiger partial charge in [-0.3, -0.25) is 15.4 Å². The van der Waals surface area contributed by atoms with E-state index in [1.165, 1.54) is 0 Å². The lowest BCUT2D eigenvalue weighted by atomic mass is 9.88. The molecule has 222 valence electrons. The highest BCUT2D eigenvalue weighted by Gasteiger charge is 2.24. The predicted molar refractivity (Wildman–Crippen MR) is 187 cm³/mol. The summed E-state index contributed by atoms with van der Waals surface area (Å²) in [6.45, 7) is 0. The van der Waals surface area contributed by atoms with Gasteiger partial charge in [0.2, 0.25) is 0 Å². The van der Waals surface area contributed by atoms with E-state index in [4.69, 9.17) is 15.4 Å². The lowest BCUT2D eigenvalue weighted by Crippen LogP contribution is -2.18. The summed E-state index contributed by atoms with van der Waals surface area (Å²) in [5, 5.41) is 22.4. The van der Waals surface area contributed by atoms with Gasteiger partial charge in [-0.25, -0.2) is 9.97 Å². The number of fused-ring (bicyclic) bond motifs is 3. The number of allylic oxidation sites excluding steroid dienone is 1. The Morgan fingerprint density at radius 3 is 1.66 bits per heavy atom. The Morgan fingerprint density at radius 1 is 0.532 bits per heavy atom. The quantitative estimate of drug-likeness (QED) is 0.150. The minimum atomic E-state index is 0.161. The highest BCUT2D eigenvalue weighted by atomic mass is 16.4. The molecule has 7 heteroatoms. The largest absolute Gasteiger partial charge is 0.410 e. The van der Waals surface area contributed by atoms with E-state index in [9.17, 15) is 5.21 Å². The molecule has 0 fully saturated rings. The first kappa shape index (κ1) is 27.9. The molecule has 8 rings (SSSR count). The van der Waals surface area contributed by atoms with Crippen LogP contribution in [0.1, 0.15) is 11.1 Å². The Labute approximate surface area is 270 Å². The van der Waals surface area contributed by atoms with Crippen LogP contribution in [0.25, 0.3) is 73.3 Å². The van der Waals surface area contributed by atoms with E-state index < -0.39 is 0 Å². The zero-order chi connectivity index (χ0) is 31.7. The van der Waals surface area contributed by atoms with Gasteiger partial charge in [-0.2, -0.15) is 0 Å². The molecule has 4 heterocycles. The Kier molecular flexibility index (Phi) is 6.96. The Bertz CT molecular complexity index is 2290. The number of aromatic nitrogens is 4. The second-order valence-electron chi connectivity index (χ2n) is 11.2. The fourth-order valence-electron chi connectivity index (χ4n) is 6.01. The molecule has 0 aliphatic heterocycles. The monoisotopic (exact) mass is 606 g/mol. The minimum absolute atomic E-state index is 0.161. The molecule has 0 unspecified atom stereocenters. The van der Waals surface area contributed by atoms with Crippen molar-refractivity contribution in [2.24, 2.45) is 5.16 Å². The van der Waals surface area contributed by atoms with Gasteiger partial charge in [0, 0.05) is 34.5 Å². The number of hydrogen-bond acceptors (Lipinski definition) is 7. The lowest BCUT2D eigenvalue weighted by Gasteiger charge is -2.19. The molecule has 0 spiro atoms. The van der Waals surface area contributed by atoms with Crippen molar-refractivity contribution in [3.63, 3.8) is 0 Å². The fourth-order valence-corrected chi connectivity index (χ4v) is 6.01. The molecule has 7 nitrogen and oxygen atoms in total. The van der Waals surface area contributed by atoms with Crippen LogP contribution in [-0.4, -0.2) is 36.6 Å². The number of benzene rings is 3. The topological polar surface area (TPSA) is 108 Å². The van der Waals surface area contributed by atoms with Crippen molar-refractivity contribution in [1.82, 2.24) is 19.9 Å². The third-order valence-electron chi connectivity index (χ3n) is 8.33. The SMILES string of the molecule is N=C1C=Cc2c(-c3ccc(-c4ccc(-c5cc(-c6ccccn6)nc(-c6ccccn6)c5)cc4)cc3)nc3ccccc3c2/C1=N/O. The molecule has 7 aromatic rings. The first-order valence-corrected chi connectivity index (χ1v) is 15.1. The van der Waals surface area contributed by atoms with Gasteiger partial charge in [0.25, 0.3) is 0 Å². The number of oxime groups is 1. The molecule has 0 saturated heterocycles. The van der Waals surface area contributed by atoms with E-state index in [0.717, 1.165) is 72.8 Å². The maximum absolute atomic E-state index is 9.80. The third kappa shape index (κ3) is 5.15. The van der Waals surface area contributed by atoms with Crippen LogP contribution in [-0.2, 0) is 0 Å². The molecule has 2 N–H and O–H groups in total. The van der Waals surface area contributed by atoms with E-state index in [0.29, 0.717) is 5.56 Å². The van der Waals surface area contributed by atoms with Gasteiger partial charge in [-0.15, -0.1) is 0 Å². The van der Waals surface area contributed by atoms with Gasteiger partial charge >= 0.3 is 0 Å². The van der Waals surface area contributed by atoms with Gasteiger partial charge in [-0.05, 0) is 76.9 Å². The van der Waals surface area contributed by atoms with Crippen LogP contribution in [0, 0.1) is 5.41 Å². The van der Waals surface area contributed by atoms with Crippen molar-refractivity contribution < 1.29 is 5.21 Å². The highest BCUT2D eigenvalue weighted by Crippen LogP contribution is 2.36. The fraction of sp³-hybridized carbons (Fsp3) is 0. The highest BCUT2D eigenvalue weighted by molar-refractivity contribution is 6.55. The summed E-state index contributed by atoms with van der Waals surface area (Å²) in [6.07, 6.45) is 7.08. The minimum Gasteiger partial charge on any atom is -0.410 e. The van der Waals surface area contributed by atoms with Crippen molar-refractivity contribution in [3.05, 3.63) is 151 Å². The van der Waals surface area contributed by atoms with Crippen LogP contribution in [0.3, 0.4) is 0 Å². The van der Waals surface area contributed by atoms with Crippen molar-refractivity contribution in [3.8, 4) is 56.3 Å². The van der Waals surface area contributed by atoms with Gasteiger partial charge in [0.1, 0.15) is 5.71 Å². The van der Waals surface area contributed by atoms with E-state index in [2.05, 4.69) is 75.8 Å². The van der Waals surface area contributed by atoms with Crippen LogP contribution >= 0.6 is 0 Å². The first-order valence-electron chi connectivity index (χ1n) is 15.1. The van der Waals surface area contributed by atoms with Gasteiger partial charge in [0.15, 0.2) is 0 Å². The summed E-state index contributed by atoms with van der Waals surface area (Å²) >= 11 is 0. The van der Waals surface area contributed by atoms with Crippen molar-refractivity contribution >= 4 is 28.4 Å². The molecule has 0 atom stereocenters. The molecular weight excluding hydrogens is 580 g/mol. The molecule has 3 aromatic carbocycles. The average Bonchev–Trinajstić information content (AvgIpc) is 3.15. The Balaban J connectivity index is 1.14. The van der Waals surface area contributed by atoms with Gasteiger partial charge in [-0.1, -0.05) is 84.0 Å². The van der Waals surface area contributed by atoms with E-state index in [-0.39, 0.29) is 11.4 Å². The standard InChI is InChI=1S/C40H26N6O/c41-32-20-19-31-38(40(32)46-47)30-7-1-2-8-33(30)45-39(31)28-17-15-26(16-18-28)25-11-13-27(14-12-25)29-23-36(34-9-3-5-21-42-34)44-37(24-29)35-10-4-6-22-43-35/h1-24,41,47H/b41-32?,46-40+. The predicted octanol–water partition coefficient (Wildman–Crippen LogP) is 8.98. The average molecular weight is 607 g/mol. The first-order chi connectivity index (χ1) is 23.2. The molecule has 1 aliphatic rings. The van der Waals surface area contributed by atoms with Crippen LogP contribution < -0.4 is 0 Å². The summed E-state index contributed by atoms with van der Waals surface area (Å²) in [7, 11) is 0. The van der Waals surface area contributed by atoms with E-state index in [1.807, 2.05) is 66.7 Å². The number of nitrogens with zero attached hydrogens (tertiary/aromatic N) is 5. The van der Waals surface area contributed by atoms with Crippen LogP contribution in [0.5, 0.6) is 0 Å². The number of nitrogens with one attached hydrogen (secondary N) is 1. The van der Waals surface area contributed by atoms with E-state index in [1.54, 1.807) is 18.5 Å². The van der Waals surface area contributed by atoms with Gasteiger partial charge in [0.05, 0.1) is 39.7 Å². The lowest BCUT2D eigenvalue weighted by molar-refractivity contribution is 0.320. The van der Waals surface area contributed by atoms with Gasteiger partial charge < -0.3 is 5.21 Å². The molecular formula is C40H26N6O. The van der Waals surface area contributed by atoms with Crippen LogP contribution in [0.4, 0.5) is 0 Å². The Morgan fingerprint density at radius 2 is 1.09 bits per heavy atom. The second-order valence-corrected chi connectivity index (χ2v) is 11.2. The normalized spacial score (nSPS) is 13.2. The third-order valence-corrected chi connectivity index (χ3v) is 8.33. The van der Waals surface area contributed by atoms with Crippen LogP contribution in [0.15, 0.2) is 145 Å². The summed E-state index contributed by atoms with van der Waals surface area (Å²) in [6, 6.07) is 40.3. The molecule has 0 amide bonds. The number of hydrogen-bond donors (Lipinski definition) is 2. The number of rotatable bonds is 5. The number of para-hydroxylation sites is 1. The molecule has 1 aliphatic carbocycles. The molecule has 0 bridgehead atoms. The zero-order valence-corrected chi connectivity index (χ0v) is 25.0. The smallest absolute Gasteiger partial charge is 0.136 e. The molecule has 47 heavy (non-hydrogen) atoms. The molecule has 4 aromatic heterocycles. The second kappa shape index (κ2) is 11.7. The number of pyridine rings is 4. The van der Waals surface area contributed by atoms with Crippen LogP contribution in [0.2, 0.25) is 0 Å². The molecule has 0 radical (unpaired) electrons. The summed E-state index contributed by atoms with van der Waals surface area (Å²) in [4.78, 5) is 18.9. The summed E-state index contributed by atoms with van der Waals surface area (Å²) in [5.74, 6) is 0. The zero-order valence-electron chi connectivity index (χ0n) is 25.0. The van der Waals surface area contributed by atoms with E-state index >= 15 is 0 Å². The summed E-state index contributed by atoms with van der Waals surface area (Å²) in [5.41, 5.74) is 11.9. The van der Waals surface area contributed by atoms with Crippen molar-refractivity contribution in [2.75, 3.05) is 0 Å². The Hall–Kier alpha value is -6.60. The maximum atomic E-state index is 9.80. The summed E-state index contributed by atoms with van der Waals surface area (Å²) < 4.78 is 0. The van der Waals surface area contributed by atoms with Crippen molar-refractivity contribution in [1.29, 1.82) is 5.41 Å². The van der Waals surface area contributed by atoms with Crippen molar-refractivity contribution in [2.45, 2.75) is 0 Å². The molecule has 0 saturated carbocycles.